The number of ether oxygens (including phenoxy) is 2. The van der Waals surface area contributed by atoms with Crippen molar-refractivity contribution in [2.45, 2.75) is 44.4 Å². The second-order valence-electron chi connectivity index (χ2n) is 6.13. The Morgan fingerprint density at radius 3 is 3.08 bits per heavy atom. The van der Waals surface area contributed by atoms with E-state index >= 15 is 0 Å². The topological polar surface area (TPSA) is 95.3 Å². The van der Waals surface area contributed by atoms with Crippen molar-refractivity contribution in [1.29, 1.82) is 0 Å². The van der Waals surface area contributed by atoms with Crippen LogP contribution in [-0.2, 0) is 16.1 Å². The van der Waals surface area contributed by atoms with E-state index in [1.54, 1.807) is 16.8 Å². The van der Waals surface area contributed by atoms with E-state index in [1.807, 2.05) is 0 Å². The molecule has 3 rings (SSSR count). The van der Waals surface area contributed by atoms with Crippen LogP contribution in [0.1, 0.15) is 25.7 Å². The number of rotatable bonds is 7. The predicted molar refractivity (Wildman–Crippen MR) is 91.5 cm³/mol. The molecule has 8 heteroatoms. The van der Waals surface area contributed by atoms with Crippen molar-refractivity contribution in [2.75, 3.05) is 13.7 Å². The average Bonchev–Trinajstić information content (AvgIpc) is 2.64. The third-order valence-corrected chi connectivity index (χ3v) is 4.53. The number of carbonyl (C=O) groups is 1. The standard InChI is InChI=1S/C17H22N4O4/c1-24-17-19-10-12-5-6-15(23)21(16(12)20-17)8-7-18-13-3-2-4-14(9-13)25-11-22/h5-6,10-11,13-14,18H,2-4,7-9H2,1H3. The van der Waals surface area contributed by atoms with E-state index in [0.29, 0.717) is 25.2 Å². The van der Waals surface area contributed by atoms with E-state index in [1.165, 1.54) is 13.2 Å². The van der Waals surface area contributed by atoms with Crippen LogP contribution in [0.25, 0.3) is 11.0 Å². The highest BCUT2D eigenvalue weighted by Crippen LogP contribution is 2.20. The molecule has 25 heavy (non-hydrogen) atoms. The number of pyridine rings is 1. The van der Waals surface area contributed by atoms with E-state index in [0.717, 1.165) is 31.1 Å². The van der Waals surface area contributed by atoms with Gasteiger partial charge in [-0.05, 0) is 31.7 Å². The quantitative estimate of drug-likeness (QED) is 0.743. The second-order valence-corrected chi connectivity index (χ2v) is 6.13. The summed E-state index contributed by atoms with van der Waals surface area (Å²) in [6.45, 7) is 1.64. The van der Waals surface area contributed by atoms with Crippen LogP contribution in [0.15, 0.2) is 23.1 Å². The number of fused-ring (bicyclic) bond motifs is 1. The minimum atomic E-state index is -0.110. The van der Waals surface area contributed by atoms with Crippen LogP contribution in [0, 0.1) is 0 Å². The van der Waals surface area contributed by atoms with E-state index in [-0.39, 0.29) is 23.7 Å². The van der Waals surface area contributed by atoms with Crippen LogP contribution in [-0.4, -0.2) is 46.8 Å². The molecular weight excluding hydrogens is 324 g/mol. The molecule has 2 atom stereocenters. The molecule has 8 nitrogen and oxygen atoms in total. The SMILES string of the molecule is COc1ncc2ccc(=O)n(CCNC3CCCC(OC=O)C3)c2n1. The predicted octanol–water partition coefficient (Wildman–Crippen LogP) is 0.874. The van der Waals surface area contributed by atoms with Gasteiger partial charge in [-0.2, -0.15) is 4.98 Å². The zero-order chi connectivity index (χ0) is 17.6. The number of hydrogen-bond acceptors (Lipinski definition) is 7. The van der Waals surface area contributed by atoms with Gasteiger partial charge in [0.2, 0.25) is 0 Å². The van der Waals surface area contributed by atoms with Gasteiger partial charge in [0.1, 0.15) is 11.8 Å². The zero-order valence-corrected chi connectivity index (χ0v) is 14.2. The maximum absolute atomic E-state index is 12.2. The normalized spacial score (nSPS) is 20.4. The van der Waals surface area contributed by atoms with Crippen LogP contribution in [0.3, 0.4) is 0 Å². The summed E-state index contributed by atoms with van der Waals surface area (Å²) in [7, 11) is 1.50. The first-order chi connectivity index (χ1) is 12.2. The first kappa shape index (κ1) is 17.3. The molecule has 0 amide bonds. The molecule has 0 aromatic carbocycles. The Morgan fingerprint density at radius 1 is 1.40 bits per heavy atom. The number of nitrogens with zero attached hydrogens (tertiary/aromatic N) is 3. The number of nitrogens with one attached hydrogen (secondary N) is 1. The summed E-state index contributed by atoms with van der Waals surface area (Å²) in [4.78, 5) is 31.1. The molecule has 0 saturated heterocycles. The molecule has 2 aromatic heterocycles. The van der Waals surface area contributed by atoms with E-state index in [4.69, 9.17) is 9.47 Å². The third kappa shape index (κ3) is 4.14. The lowest BCUT2D eigenvalue weighted by Gasteiger charge is -2.28. The molecule has 1 fully saturated rings. The summed E-state index contributed by atoms with van der Waals surface area (Å²) in [6, 6.07) is 3.76. The molecule has 2 aromatic rings. The van der Waals surface area contributed by atoms with Gasteiger partial charge in [-0.3, -0.25) is 14.2 Å². The van der Waals surface area contributed by atoms with Crippen LogP contribution < -0.4 is 15.6 Å². The van der Waals surface area contributed by atoms with Crippen LogP contribution >= 0.6 is 0 Å². The largest absolute Gasteiger partial charge is 0.467 e. The third-order valence-electron chi connectivity index (χ3n) is 4.53. The van der Waals surface area contributed by atoms with Crippen molar-refractivity contribution >= 4 is 17.5 Å². The van der Waals surface area contributed by atoms with Crippen molar-refractivity contribution in [2.24, 2.45) is 0 Å². The summed E-state index contributed by atoms with van der Waals surface area (Å²) in [5, 5.41) is 4.24. The van der Waals surface area contributed by atoms with Gasteiger partial charge < -0.3 is 14.8 Å². The highest BCUT2D eigenvalue weighted by Gasteiger charge is 2.22. The number of aromatic nitrogens is 3. The Bertz CT molecular complexity index is 792. The Kier molecular flexibility index (Phi) is 5.60. The molecule has 0 bridgehead atoms. The Hall–Kier alpha value is -2.48. The fourth-order valence-corrected chi connectivity index (χ4v) is 3.28. The summed E-state index contributed by atoms with van der Waals surface area (Å²) < 4.78 is 11.7. The molecule has 2 unspecified atom stereocenters. The molecule has 1 saturated carbocycles. The average molecular weight is 346 g/mol. The maximum Gasteiger partial charge on any atom is 0.318 e. The minimum Gasteiger partial charge on any atom is -0.467 e. The molecule has 1 aliphatic rings. The monoisotopic (exact) mass is 346 g/mol. The highest BCUT2D eigenvalue weighted by atomic mass is 16.5. The van der Waals surface area contributed by atoms with Gasteiger partial charge in [0.15, 0.2) is 0 Å². The van der Waals surface area contributed by atoms with Crippen LogP contribution in [0.2, 0.25) is 0 Å². The molecule has 1 N–H and O–H groups in total. The Morgan fingerprint density at radius 2 is 2.28 bits per heavy atom. The molecule has 0 radical (unpaired) electrons. The number of methoxy groups -OCH3 is 1. The molecule has 2 heterocycles. The molecular formula is C17H22N4O4. The Balaban J connectivity index is 1.67. The lowest BCUT2D eigenvalue weighted by molar-refractivity contribution is -0.135. The lowest BCUT2D eigenvalue weighted by Crippen LogP contribution is -2.39. The van der Waals surface area contributed by atoms with Gasteiger partial charge in [0.05, 0.1) is 7.11 Å². The number of carbonyl (C=O) groups excluding carboxylic acids is 1. The van der Waals surface area contributed by atoms with Crippen molar-refractivity contribution < 1.29 is 14.3 Å². The Labute approximate surface area is 145 Å². The molecule has 0 spiro atoms. The van der Waals surface area contributed by atoms with Gasteiger partial charge in [0.25, 0.3) is 12.0 Å². The van der Waals surface area contributed by atoms with Crippen molar-refractivity contribution in [3.05, 3.63) is 28.7 Å². The van der Waals surface area contributed by atoms with Gasteiger partial charge in [-0.15, -0.1) is 0 Å². The van der Waals surface area contributed by atoms with Gasteiger partial charge in [-0.25, -0.2) is 4.98 Å². The lowest BCUT2D eigenvalue weighted by atomic mass is 9.93. The second kappa shape index (κ2) is 8.06. The minimum absolute atomic E-state index is 0.0129. The van der Waals surface area contributed by atoms with Crippen molar-refractivity contribution in [3.63, 3.8) is 0 Å². The van der Waals surface area contributed by atoms with Gasteiger partial charge in [-0.1, -0.05) is 0 Å². The molecule has 1 aliphatic carbocycles. The smallest absolute Gasteiger partial charge is 0.318 e. The first-order valence-corrected chi connectivity index (χ1v) is 8.44. The first-order valence-electron chi connectivity index (χ1n) is 8.44. The fraction of sp³-hybridized carbons (Fsp3) is 0.529. The highest BCUT2D eigenvalue weighted by molar-refractivity contribution is 5.74. The van der Waals surface area contributed by atoms with Gasteiger partial charge in [0, 0.05) is 36.8 Å². The van der Waals surface area contributed by atoms with E-state index in [2.05, 4.69) is 15.3 Å². The number of hydrogen-bond donors (Lipinski definition) is 1. The summed E-state index contributed by atoms with van der Waals surface area (Å²) in [6.07, 6.45) is 5.41. The van der Waals surface area contributed by atoms with Crippen LogP contribution in [0.4, 0.5) is 0 Å². The van der Waals surface area contributed by atoms with Gasteiger partial charge >= 0.3 is 6.01 Å². The fourth-order valence-electron chi connectivity index (χ4n) is 3.28. The summed E-state index contributed by atoms with van der Waals surface area (Å²) in [5.74, 6) is 0. The molecule has 0 aliphatic heterocycles. The van der Waals surface area contributed by atoms with Crippen molar-refractivity contribution in [3.8, 4) is 6.01 Å². The van der Waals surface area contributed by atoms with E-state index in [9.17, 15) is 9.59 Å². The van der Waals surface area contributed by atoms with Crippen molar-refractivity contribution in [1.82, 2.24) is 19.9 Å². The summed E-state index contributed by atoms with van der Waals surface area (Å²) in [5.41, 5.74) is 0.452. The maximum atomic E-state index is 12.2. The van der Waals surface area contributed by atoms with E-state index < -0.39 is 0 Å². The summed E-state index contributed by atoms with van der Waals surface area (Å²) >= 11 is 0. The van der Waals surface area contributed by atoms with Crippen LogP contribution in [0.5, 0.6) is 6.01 Å². The zero-order valence-electron chi connectivity index (χ0n) is 14.2. The molecule has 134 valence electrons.